The summed E-state index contributed by atoms with van der Waals surface area (Å²) in [5.41, 5.74) is 1.20. The maximum Gasteiger partial charge on any atom is 0.128 e. The Bertz CT molecular complexity index is 605. The first-order valence-corrected chi connectivity index (χ1v) is 8.25. The Balaban J connectivity index is 1.23. The van der Waals surface area contributed by atoms with Crippen LogP contribution in [0.25, 0.3) is 0 Å². The fourth-order valence-corrected chi connectivity index (χ4v) is 3.43. The van der Waals surface area contributed by atoms with Gasteiger partial charge in [-0.2, -0.15) is 0 Å². The fourth-order valence-electron chi connectivity index (χ4n) is 3.43. The Labute approximate surface area is 136 Å². The van der Waals surface area contributed by atoms with Crippen LogP contribution < -0.4 is 4.90 Å². The Kier molecular flexibility index (Phi) is 4.17. The number of pyridine rings is 1. The fraction of sp³-hybridized carbons (Fsp3) is 0.471. The molecule has 120 valence electrons. The van der Waals surface area contributed by atoms with Gasteiger partial charge in [0.1, 0.15) is 12.1 Å². The lowest BCUT2D eigenvalue weighted by atomic mass is 10.1. The molecule has 6 heteroatoms. The highest BCUT2D eigenvalue weighted by Gasteiger charge is 2.33. The number of rotatable bonds is 4. The molecule has 0 unspecified atom stereocenters. The average molecular weight is 310 g/mol. The summed E-state index contributed by atoms with van der Waals surface area (Å²) in [6, 6.07) is 6.83. The number of hydrogen-bond acceptors (Lipinski definition) is 6. The zero-order chi connectivity index (χ0) is 15.5. The van der Waals surface area contributed by atoms with Gasteiger partial charge in [-0.25, -0.2) is 15.0 Å². The molecule has 0 spiro atoms. The first-order valence-electron chi connectivity index (χ1n) is 8.25. The van der Waals surface area contributed by atoms with Crippen molar-refractivity contribution in [3.05, 3.63) is 48.7 Å². The first-order chi connectivity index (χ1) is 11.4. The minimum absolute atomic E-state index is 0.700. The first kappa shape index (κ1) is 14.5. The quantitative estimate of drug-likeness (QED) is 0.835. The smallest absolute Gasteiger partial charge is 0.128 e. The van der Waals surface area contributed by atoms with Crippen LogP contribution in [0.5, 0.6) is 0 Å². The van der Waals surface area contributed by atoms with Crippen LogP contribution in [0.1, 0.15) is 5.56 Å². The van der Waals surface area contributed by atoms with Crippen LogP contribution >= 0.6 is 0 Å². The highest BCUT2D eigenvalue weighted by atomic mass is 15.4. The van der Waals surface area contributed by atoms with E-state index in [-0.39, 0.29) is 0 Å². The molecular formula is C17H22N6. The second kappa shape index (κ2) is 6.60. The van der Waals surface area contributed by atoms with E-state index < -0.39 is 0 Å². The molecule has 0 atom stereocenters. The molecule has 2 fully saturated rings. The van der Waals surface area contributed by atoms with Crippen molar-refractivity contribution in [1.29, 1.82) is 0 Å². The van der Waals surface area contributed by atoms with Gasteiger partial charge in [-0.1, -0.05) is 6.07 Å². The van der Waals surface area contributed by atoms with Crippen LogP contribution in [0.3, 0.4) is 0 Å². The summed E-state index contributed by atoms with van der Waals surface area (Å²) in [5, 5.41) is 0. The summed E-state index contributed by atoms with van der Waals surface area (Å²) >= 11 is 0. The number of anilines is 1. The second-order valence-electron chi connectivity index (χ2n) is 6.31. The van der Waals surface area contributed by atoms with Crippen molar-refractivity contribution in [2.45, 2.75) is 12.6 Å². The number of likely N-dealkylation sites (tertiary alicyclic amines) is 1. The topological polar surface area (TPSA) is 48.4 Å². The lowest BCUT2D eigenvalue weighted by molar-refractivity contribution is 0.0254. The van der Waals surface area contributed by atoms with Crippen LogP contribution in [0.15, 0.2) is 43.1 Å². The largest absolute Gasteiger partial charge is 0.354 e. The van der Waals surface area contributed by atoms with E-state index in [0.29, 0.717) is 6.04 Å². The third-order valence-corrected chi connectivity index (χ3v) is 4.76. The molecule has 4 rings (SSSR count). The van der Waals surface area contributed by atoms with Gasteiger partial charge in [-0.3, -0.25) is 9.80 Å². The Morgan fingerprint density at radius 3 is 2.48 bits per heavy atom. The third-order valence-electron chi connectivity index (χ3n) is 4.76. The molecule has 6 nitrogen and oxygen atoms in total. The summed E-state index contributed by atoms with van der Waals surface area (Å²) in [7, 11) is 0. The molecule has 0 N–H and O–H groups in total. The summed E-state index contributed by atoms with van der Waals surface area (Å²) in [5.74, 6) is 1.10. The average Bonchev–Trinajstić information content (AvgIpc) is 2.60. The van der Waals surface area contributed by atoms with E-state index in [4.69, 9.17) is 0 Å². The number of aromatic nitrogens is 3. The van der Waals surface area contributed by atoms with Gasteiger partial charge >= 0.3 is 0 Å². The molecular weight excluding hydrogens is 288 g/mol. The predicted molar refractivity (Wildman–Crippen MR) is 89.1 cm³/mol. The van der Waals surface area contributed by atoms with Crippen LogP contribution in [0.4, 0.5) is 5.82 Å². The molecule has 0 aromatic carbocycles. The van der Waals surface area contributed by atoms with Crippen molar-refractivity contribution < 1.29 is 0 Å². The van der Waals surface area contributed by atoms with Crippen molar-refractivity contribution in [2.75, 3.05) is 44.2 Å². The van der Waals surface area contributed by atoms with E-state index in [1.165, 1.54) is 5.56 Å². The molecule has 2 aromatic heterocycles. The molecule has 0 radical (unpaired) electrons. The maximum atomic E-state index is 4.45. The normalized spacial score (nSPS) is 20.4. The molecule has 4 heterocycles. The lowest BCUT2D eigenvalue weighted by Crippen LogP contribution is -2.62. The maximum absolute atomic E-state index is 4.45. The molecule has 2 aliphatic rings. The van der Waals surface area contributed by atoms with Gasteiger partial charge in [0.2, 0.25) is 0 Å². The van der Waals surface area contributed by atoms with E-state index in [2.05, 4.69) is 41.8 Å². The molecule has 0 amide bonds. The van der Waals surface area contributed by atoms with Crippen molar-refractivity contribution in [3.63, 3.8) is 0 Å². The Morgan fingerprint density at radius 2 is 1.78 bits per heavy atom. The standard InChI is InChI=1S/C17H22N6/c1-2-4-20-17(3-1)23-7-5-22(6-8-23)16-12-21(13-16)11-15-9-18-14-19-10-15/h1-4,9-10,14,16H,5-8,11-13H2. The minimum atomic E-state index is 0.700. The van der Waals surface area contributed by atoms with Crippen molar-refractivity contribution in [3.8, 4) is 0 Å². The molecule has 0 bridgehead atoms. The van der Waals surface area contributed by atoms with Crippen molar-refractivity contribution in [1.82, 2.24) is 24.8 Å². The summed E-state index contributed by atoms with van der Waals surface area (Å²) in [6.45, 7) is 7.66. The molecule has 0 saturated carbocycles. The number of piperazine rings is 1. The van der Waals surface area contributed by atoms with Crippen molar-refractivity contribution >= 4 is 5.82 Å². The van der Waals surface area contributed by atoms with Crippen LogP contribution in [0.2, 0.25) is 0 Å². The minimum Gasteiger partial charge on any atom is -0.354 e. The SMILES string of the molecule is c1ccc(N2CCN(C3CN(Cc4cncnc4)C3)CC2)nc1. The number of hydrogen-bond donors (Lipinski definition) is 0. The second-order valence-corrected chi connectivity index (χ2v) is 6.31. The van der Waals surface area contributed by atoms with E-state index in [0.717, 1.165) is 51.6 Å². The molecule has 0 aliphatic carbocycles. The van der Waals surface area contributed by atoms with Crippen LogP contribution in [-0.4, -0.2) is 70.1 Å². The van der Waals surface area contributed by atoms with Crippen LogP contribution in [0, 0.1) is 0 Å². The van der Waals surface area contributed by atoms with Gasteiger partial charge < -0.3 is 4.90 Å². The molecule has 2 saturated heterocycles. The van der Waals surface area contributed by atoms with E-state index in [1.807, 2.05) is 24.7 Å². The zero-order valence-electron chi connectivity index (χ0n) is 13.3. The van der Waals surface area contributed by atoms with E-state index in [1.54, 1.807) is 6.33 Å². The highest BCUT2D eigenvalue weighted by molar-refractivity contribution is 5.38. The monoisotopic (exact) mass is 310 g/mol. The Hall–Kier alpha value is -2.05. The summed E-state index contributed by atoms with van der Waals surface area (Å²) in [4.78, 5) is 20.1. The van der Waals surface area contributed by atoms with Gasteiger partial charge in [0.25, 0.3) is 0 Å². The van der Waals surface area contributed by atoms with E-state index >= 15 is 0 Å². The highest BCUT2D eigenvalue weighted by Crippen LogP contribution is 2.20. The van der Waals surface area contributed by atoms with Gasteiger partial charge in [-0.15, -0.1) is 0 Å². The zero-order valence-corrected chi connectivity index (χ0v) is 13.3. The molecule has 2 aliphatic heterocycles. The van der Waals surface area contributed by atoms with E-state index in [9.17, 15) is 0 Å². The van der Waals surface area contributed by atoms with Gasteiger partial charge in [-0.05, 0) is 12.1 Å². The predicted octanol–water partition coefficient (Wildman–Crippen LogP) is 0.878. The number of nitrogens with zero attached hydrogens (tertiary/aromatic N) is 6. The van der Waals surface area contributed by atoms with Crippen LogP contribution in [-0.2, 0) is 6.54 Å². The van der Waals surface area contributed by atoms with Gasteiger partial charge in [0.15, 0.2) is 0 Å². The van der Waals surface area contributed by atoms with Gasteiger partial charge in [0, 0.05) is 76.0 Å². The molecule has 2 aromatic rings. The van der Waals surface area contributed by atoms with Crippen molar-refractivity contribution in [2.24, 2.45) is 0 Å². The Morgan fingerprint density at radius 1 is 1.00 bits per heavy atom. The van der Waals surface area contributed by atoms with Gasteiger partial charge in [0.05, 0.1) is 0 Å². The third kappa shape index (κ3) is 3.33. The molecule has 23 heavy (non-hydrogen) atoms. The lowest BCUT2D eigenvalue weighted by Gasteiger charge is -2.48. The summed E-state index contributed by atoms with van der Waals surface area (Å²) in [6.07, 6.45) is 7.28. The summed E-state index contributed by atoms with van der Waals surface area (Å²) < 4.78 is 0.